The zero-order valence-corrected chi connectivity index (χ0v) is 30.9. The first-order valence-electron chi connectivity index (χ1n) is 13.4. The molecule has 0 aliphatic carbocycles. The molecule has 44 heavy (non-hydrogen) atoms. The Morgan fingerprint density at radius 1 is 1.09 bits per heavy atom. The second kappa shape index (κ2) is 14.2. The Labute approximate surface area is 293 Å². The van der Waals surface area contributed by atoms with Gasteiger partial charge in [-0.1, -0.05) is 57.6 Å². The molecule has 5 rings (SSSR count). The predicted molar refractivity (Wildman–Crippen MR) is 190 cm³/mol. The number of aromatic nitrogens is 1. The highest BCUT2D eigenvalue weighted by Crippen LogP contribution is 2.41. The van der Waals surface area contributed by atoms with Crippen LogP contribution in [0.1, 0.15) is 36.6 Å². The Bertz CT molecular complexity index is 1960. The van der Waals surface area contributed by atoms with Crippen LogP contribution in [0.15, 0.2) is 80.1 Å². The van der Waals surface area contributed by atoms with Crippen molar-refractivity contribution in [3.8, 4) is 17.2 Å². The van der Waals surface area contributed by atoms with Gasteiger partial charge >= 0.3 is 5.97 Å². The van der Waals surface area contributed by atoms with Crippen LogP contribution < -0.4 is 29.1 Å². The fourth-order valence-corrected chi connectivity index (χ4v) is 8.50. The van der Waals surface area contributed by atoms with Crippen LogP contribution in [0.5, 0.6) is 17.2 Å². The lowest BCUT2D eigenvalue weighted by Gasteiger charge is -2.26. The summed E-state index contributed by atoms with van der Waals surface area (Å²) in [6.07, 6.45) is 1.83. The average molecular weight is 901 g/mol. The van der Waals surface area contributed by atoms with E-state index in [2.05, 4.69) is 61.1 Å². The molecule has 12 heteroatoms. The van der Waals surface area contributed by atoms with Crippen molar-refractivity contribution in [1.29, 1.82) is 0 Å². The molecule has 0 unspecified atom stereocenters. The maximum Gasteiger partial charge on any atom is 0.338 e. The number of hydrogen-bond acceptors (Lipinski definition) is 8. The molecule has 1 atom stereocenters. The quantitative estimate of drug-likeness (QED) is 0.144. The van der Waals surface area contributed by atoms with Gasteiger partial charge in [0.05, 0.1) is 46.2 Å². The number of halogens is 3. The summed E-state index contributed by atoms with van der Waals surface area (Å²) in [5.74, 6) is 1.10. The average Bonchev–Trinajstić information content (AvgIpc) is 3.30. The molecule has 8 nitrogen and oxygen atoms in total. The number of thiazole rings is 1. The Balaban J connectivity index is 1.71. The molecule has 2 heterocycles. The number of fused-ring (bicyclic) bond motifs is 1. The molecule has 0 N–H and O–H groups in total. The van der Waals surface area contributed by atoms with Gasteiger partial charge in [0.2, 0.25) is 0 Å². The summed E-state index contributed by atoms with van der Waals surface area (Å²) < 4.78 is 27.4. The first-order chi connectivity index (χ1) is 21.2. The number of methoxy groups -OCH3 is 2. The van der Waals surface area contributed by atoms with Crippen LogP contribution in [0.2, 0.25) is 0 Å². The van der Waals surface area contributed by atoms with Crippen LogP contribution in [0.25, 0.3) is 6.08 Å². The first kappa shape index (κ1) is 32.7. The van der Waals surface area contributed by atoms with Gasteiger partial charge in [0, 0.05) is 13.6 Å². The van der Waals surface area contributed by atoms with Crippen LogP contribution in [0.3, 0.4) is 0 Å². The number of hydrogen-bond donors (Lipinski definition) is 0. The molecule has 0 spiro atoms. The van der Waals surface area contributed by atoms with Crippen molar-refractivity contribution in [2.24, 2.45) is 4.99 Å². The van der Waals surface area contributed by atoms with Gasteiger partial charge in [-0.2, -0.15) is 0 Å². The number of rotatable bonds is 9. The molecular formula is C32H27BrI2N2O6S. The Morgan fingerprint density at radius 2 is 1.80 bits per heavy atom. The van der Waals surface area contributed by atoms with E-state index < -0.39 is 12.0 Å². The van der Waals surface area contributed by atoms with E-state index in [1.165, 1.54) is 18.4 Å². The zero-order chi connectivity index (χ0) is 31.5. The maximum absolute atomic E-state index is 14.3. The minimum atomic E-state index is -0.827. The third-order valence-corrected chi connectivity index (χ3v) is 9.96. The summed E-state index contributed by atoms with van der Waals surface area (Å²) in [5.41, 5.74) is 2.89. The Kier molecular flexibility index (Phi) is 10.5. The summed E-state index contributed by atoms with van der Waals surface area (Å²) in [7, 11) is 3.08. The number of allylic oxidation sites excluding steroid dienone is 1. The van der Waals surface area contributed by atoms with Crippen LogP contribution in [-0.4, -0.2) is 31.4 Å². The van der Waals surface area contributed by atoms with E-state index in [0.29, 0.717) is 48.9 Å². The standard InChI is InChI=1S/C32H27BrI2N2O6S/c1-5-42-31(39)27-17(2)36-32-37(28(27)21-14-24(40-3)25(41-4)15-22(21)33)30(38)26(44-32)12-19-11-20(34)13-23(35)29(19)43-16-18-9-7-6-8-10-18/h6-15,28H,5,16H2,1-4H3/b26-12-/t28-/m0/s1. The molecule has 0 bridgehead atoms. The minimum Gasteiger partial charge on any atom is -0.493 e. The van der Waals surface area contributed by atoms with Gasteiger partial charge in [-0.25, -0.2) is 9.79 Å². The fraction of sp³-hybridized carbons (Fsp3) is 0.219. The third-order valence-electron chi connectivity index (χ3n) is 6.86. The monoisotopic (exact) mass is 900 g/mol. The van der Waals surface area contributed by atoms with Crippen molar-refractivity contribution < 1.29 is 23.7 Å². The van der Waals surface area contributed by atoms with E-state index in [1.807, 2.05) is 48.5 Å². The second-order valence-corrected chi connectivity index (χ2v) is 13.9. The number of benzene rings is 3. The molecule has 4 aromatic rings. The molecule has 0 fully saturated rings. The van der Waals surface area contributed by atoms with Gasteiger partial charge in [0.1, 0.15) is 12.4 Å². The number of ether oxygens (including phenoxy) is 4. The van der Waals surface area contributed by atoms with Crippen molar-refractivity contribution in [1.82, 2.24) is 4.57 Å². The molecule has 0 radical (unpaired) electrons. The molecule has 3 aromatic carbocycles. The fourth-order valence-electron chi connectivity index (χ4n) is 4.88. The summed E-state index contributed by atoms with van der Waals surface area (Å²) in [6.45, 7) is 4.05. The SMILES string of the molecule is CCOC(=O)C1=C(C)N=c2s/c(=C\c3cc(I)cc(I)c3OCc3ccccc3)c(=O)n2[C@H]1c1cc(OC)c(OC)cc1Br. The Hall–Kier alpha value is -2.69. The van der Waals surface area contributed by atoms with Gasteiger partial charge in [0.25, 0.3) is 5.56 Å². The molecule has 228 valence electrons. The highest BCUT2D eigenvalue weighted by molar-refractivity contribution is 14.1. The van der Waals surface area contributed by atoms with Crippen LogP contribution in [0.4, 0.5) is 0 Å². The lowest BCUT2D eigenvalue weighted by molar-refractivity contribution is -0.139. The van der Waals surface area contributed by atoms with Gasteiger partial charge in [-0.15, -0.1) is 0 Å². The van der Waals surface area contributed by atoms with E-state index in [4.69, 9.17) is 23.9 Å². The lowest BCUT2D eigenvalue weighted by atomic mass is 9.95. The third kappa shape index (κ3) is 6.63. The number of esters is 1. The van der Waals surface area contributed by atoms with Crippen LogP contribution in [0, 0.1) is 7.14 Å². The first-order valence-corrected chi connectivity index (χ1v) is 17.2. The van der Waals surface area contributed by atoms with Crippen molar-refractivity contribution in [2.75, 3.05) is 20.8 Å². The number of carbonyl (C=O) groups excluding carboxylic acids is 1. The highest BCUT2D eigenvalue weighted by Gasteiger charge is 2.35. The maximum atomic E-state index is 14.3. The number of carbonyl (C=O) groups is 1. The van der Waals surface area contributed by atoms with E-state index in [0.717, 1.165) is 18.3 Å². The Morgan fingerprint density at radius 3 is 2.48 bits per heavy atom. The van der Waals surface area contributed by atoms with E-state index in [9.17, 15) is 9.59 Å². The normalized spacial score (nSPS) is 14.6. The van der Waals surface area contributed by atoms with Crippen molar-refractivity contribution in [3.05, 3.63) is 114 Å². The van der Waals surface area contributed by atoms with Gasteiger partial charge in [0.15, 0.2) is 16.3 Å². The topological polar surface area (TPSA) is 88.4 Å². The van der Waals surface area contributed by atoms with Crippen molar-refractivity contribution in [2.45, 2.75) is 26.5 Å². The lowest BCUT2D eigenvalue weighted by Crippen LogP contribution is -2.40. The van der Waals surface area contributed by atoms with E-state index >= 15 is 0 Å². The molecule has 1 aliphatic heterocycles. The smallest absolute Gasteiger partial charge is 0.338 e. The van der Waals surface area contributed by atoms with E-state index in [1.54, 1.807) is 37.7 Å². The van der Waals surface area contributed by atoms with Gasteiger partial charge in [-0.3, -0.25) is 9.36 Å². The number of nitrogens with zero attached hydrogens (tertiary/aromatic N) is 2. The summed E-state index contributed by atoms with van der Waals surface area (Å²) in [6, 6.07) is 16.6. The molecule has 1 aromatic heterocycles. The largest absolute Gasteiger partial charge is 0.493 e. The van der Waals surface area contributed by atoms with Crippen molar-refractivity contribution >= 4 is 84.5 Å². The summed E-state index contributed by atoms with van der Waals surface area (Å²) in [5, 5.41) is 0. The van der Waals surface area contributed by atoms with Gasteiger partial charge < -0.3 is 18.9 Å². The van der Waals surface area contributed by atoms with Crippen molar-refractivity contribution in [3.63, 3.8) is 0 Å². The zero-order valence-electron chi connectivity index (χ0n) is 24.2. The highest BCUT2D eigenvalue weighted by atomic mass is 127. The van der Waals surface area contributed by atoms with E-state index in [-0.39, 0.29) is 17.7 Å². The second-order valence-electron chi connectivity index (χ2n) is 9.61. The molecule has 0 saturated carbocycles. The van der Waals surface area contributed by atoms with Gasteiger partial charge in [-0.05, 0) is 100 Å². The molecular weight excluding hydrogens is 874 g/mol. The molecule has 0 saturated heterocycles. The van der Waals surface area contributed by atoms with Crippen LogP contribution >= 0.6 is 72.4 Å². The summed E-state index contributed by atoms with van der Waals surface area (Å²) in [4.78, 5) is 32.8. The predicted octanol–water partition coefficient (Wildman–Crippen LogP) is 6.37. The minimum absolute atomic E-state index is 0.177. The molecule has 1 aliphatic rings. The van der Waals surface area contributed by atoms with Crippen LogP contribution in [-0.2, 0) is 16.1 Å². The summed E-state index contributed by atoms with van der Waals surface area (Å²) >= 11 is 9.41. The molecule has 0 amide bonds.